The third kappa shape index (κ3) is 8.59. The number of unbranched alkanes of at least 4 members (excludes halogenated alkanes) is 2. The highest BCUT2D eigenvalue weighted by atomic mass is 79.9. The average Bonchev–Trinajstić information content (AvgIpc) is 1.89. The Kier molecular flexibility index (Phi) is 9.48. The number of rotatable bonds is 5. The van der Waals surface area contributed by atoms with Crippen LogP contribution >= 0.6 is 28.7 Å². The van der Waals surface area contributed by atoms with E-state index in [1.807, 2.05) is 6.92 Å². The molecule has 0 aliphatic heterocycles. The van der Waals surface area contributed by atoms with Crippen molar-refractivity contribution in [1.82, 2.24) is 0 Å². The number of hydrogen-bond acceptors (Lipinski definition) is 3. The molecule has 0 amide bonds. The molecule has 0 saturated heterocycles. The monoisotopic (exact) mass is 266 g/mol. The van der Waals surface area contributed by atoms with Gasteiger partial charge in [0.15, 0.2) is 0 Å². The molecule has 0 radical (unpaired) electrons. The molecule has 0 N–H and O–H groups in total. The molecule has 0 bridgehead atoms. The Morgan fingerprint density at radius 2 is 1.91 bits per heavy atom. The maximum Gasteiger partial charge on any atom is 0.277 e. The van der Waals surface area contributed by atoms with Crippen LogP contribution in [0, 0.1) is 0 Å². The summed E-state index contributed by atoms with van der Waals surface area (Å²) in [5, 5.41) is 0. The summed E-state index contributed by atoms with van der Waals surface area (Å²) in [6.07, 6.45) is 2.61. The summed E-state index contributed by atoms with van der Waals surface area (Å²) in [4.78, 5) is 0. The van der Waals surface area contributed by atoms with Crippen molar-refractivity contribution >= 4 is 38.8 Å². The van der Waals surface area contributed by atoms with Gasteiger partial charge in [0, 0.05) is 0 Å². The van der Waals surface area contributed by atoms with Gasteiger partial charge in [0.05, 0.1) is 5.75 Å². The molecule has 0 aromatic heterocycles. The molecule has 0 rings (SSSR count). The van der Waals surface area contributed by atoms with Crippen LogP contribution < -0.4 is 0 Å². The normalized spacial score (nSPS) is 10.7. The zero-order chi connectivity index (χ0) is 8.04. The zero-order valence-electron chi connectivity index (χ0n) is 6.25. The molecule has 0 aromatic carbocycles. The lowest BCUT2D eigenvalue weighted by Crippen LogP contribution is -2.04. The largest absolute Gasteiger partial charge is 0.277 e. The lowest BCUT2D eigenvalue weighted by atomic mass is 10.3. The van der Waals surface area contributed by atoms with Gasteiger partial charge in [0.1, 0.15) is 16.3 Å². The summed E-state index contributed by atoms with van der Waals surface area (Å²) in [5.41, 5.74) is 0. The van der Waals surface area contributed by atoms with Crippen molar-refractivity contribution in [3.8, 4) is 0 Å². The fourth-order valence-electron chi connectivity index (χ4n) is 0.560. The second kappa shape index (κ2) is 7.34. The maximum atomic E-state index is 10.6. The maximum absolute atomic E-state index is 10.6. The van der Waals surface area contributed by atoms with Crippen LogP contribution in [0.3, 0.4) is 0 Å². The van der Waals surface area contributed by atoms with E-state index in [4.69, 9.17) is 0 Å². The minimum atomic E-state index is -3.28. The predicted molar refractivity (Wildman–Crippen MR) is 50.6 cm³/mol. The molecule has 6 heteroatoms. The van der Waals surface area contributed by atoms with Crippen molar-refractivity contribution in [3.05, 3.63) is 0 Å². The fourth-order valence-corrected chi connectivity index (χ4v) is 1.58. The molecule has 3 nitrogen and oxygen atoms in total. The quantitative estimate of drug-likeness (QED) is 0.718. The third-order valence-electron chi connectivity index (χ3n) is 1.09. The molecule has 70 valence electrons. The minimum absolute atomic E-state index is 0. The topological polar surface area (TPSA) is 43.4 Å². The smallest absolute Gasteiger partial charge is 0.199 e. The lowest BCUT2D eigenvalue weighted by Gasteiger charge is -1.96. The van der Waals surface area contributed by atoms with Crippen molar-refractivity contribution < 1.29 is 11.7 Å². The molecule has 0 atom stereocenters. The molecule has 11 heavy (non-hydrogen) atoms. The van der Waals surface area contributed by atoms with Crippen LogP contribution in [0.25, 0.3) is 0 Å². The van der Waals surface area contributed by atoms with E-state index in [1.54, 1.807) is 0 Å². The van der Waals surface area contributed by atoms with Crippen LogP contribution in [0.4, 0.5) is 0 Å². The van der Waals surface area contributed by atoms with E-state index in [1.165, 1.54) is 0 Å². The van der Waals surface area contributed by atoms with Gasteiger partial charge >= 0.3 is 0 Å². The highest BCUT2D eigenvalue weighted by Gasteiger charge is 2.07. The highest BCUT2D eigenvalue weighted by molar-refractivity contribution is 9.06. The fraction of sp³-hybridized carbons (Fsp3) is 1.00. The SMILES string of the molecule is CCCCCS(=O)(=O)OBr.Cl. The van der Waals surface area contributed by atoms with Gasteiger partial charge in [-0.1, -0.05) is 19.8 Å². The van der Waals surface area contributed by atoms with Gasteiger partial charge < -0.3 is 0 Å². The van der Waals surface area contributed by atoms with E-state index in [0.29, 0.717) is 6.42 Å². The predicted octanol–water partition coefficient (Wildman–Crippen LogP) is 2.25. The zero-order valence-corrected chi connectivity index (χ0v) is 9.47. The van der Waals surface area contributed by atoms with Crippen LogP contribution in [0.5, 0.6) is 0 Å². The third-order valence-corrected chi connectivity index (χ3v) is 3.28. The standard InChI is InChI=1S/C5H11BrO3S.ClH/c1-2-3-4-5-10(7,8)9-6;/h2-5H2,1H3;1H. The Morgan fingerprint density at radius 3 is 2.27 bits per heavy atom. The summed E-state index contributed by atoms with van der Waals surface area (Å²) in [5.74, 6) is 0.103. The van der Waals surface area contributed by atoms with E-state index in [0.717, 1.165) is 12.8 Å². The molecular weight excluding hydrogens is 255 g/mol. The van der Waals surface area contributed by atoms with E-state index >= 15 is 0 Å². The minimum Gasteiger partial charge on any atom is -0.199 e. The van der Waals surface area contributed by atoms with Crippen LogP contribution in [-0.4, -0.2) is 14.2 Å². The van der Waals surface area contributed by atoms with E-state index in [9.17, 15) is 8.42 Å². The van der Waals surface area contributed by atoms with Gasteiger partial charge in [-0.3, -0.25) is 0 Å². The van der Waals surface area contributed by atoms with Gasteiger partial charge in [-0.15, -0.1) is 12.4 Å². The van der Waals surface area contributed by atoms with Crippen molar-refractivity contribution in [1.29, 1.82) is 0 Å². The summed E-state index contributed by atoms with van der Waals surface area (Å²) in [7, 11) is -3.28. The molecule has 0 unspecified atom stereocenters. The molecule has 0 fully saturated rings. The first-order valence-corrected chi connectivity index (χ1v) is 5.37. The lowest BCUT2D eigenvalue weighted by molar-refractivity contribution is 0.522. The summed E-state index contributed by atoms with van der Waals surface area (Å²) < 4.78 is 25.3. The van der Waals surface area contributed by atoms with Gasteiger partial charge in [0.2, 0.25) is 0 Å². The van der Waals surface area contributed by atoms with Crippen LogP contribution in [0.2, 0.25) is 0 Å². The van der Waals surface area contributed by atoms with Crippen LogP contribution in [0.1, 0.15) is 26.2 Å². The van der Waals surface area contributed by atoms with E-state index in [2.05, 4.69) is 19.5 Å². The second-order valence-electron chi connectivity index (χ2n) is 2.03. The van der Waals surface area contributed by atoms with Gasteiger partial charge in [-0.05, 0) is 6.42 Å². The summed E-state index contributed by atoms with van der Waals surface area (Å²) in [6.45, 7) is 2.02. The van der Waals surface area contributed by atoms with Gasteiger partial charge in [-0.2, -0.15) is 11.7 Å². The highest BCUT2D eigenvalue weighted by Crippen LogP contribution is 2.03. The Labute approximate surface area is 82.5 Å². The summed E-state index contributed by atoms with van der Waals surface area (Å²) in [6, 6.07) is 0. The second-order valence-corrected chi connectivity index (χ2v) is 4.47. The summed E-state index contributed by atoms with van der Waals surface area (Å²) >= 11 is 2.44. The Balaban J connectivity index is 0. The van der Waals surface area contributed by atoms with Crippen molar-refractivity contribution in [2.45, 2.75) is 26.2 Å². The average molecular weight is 268 g/mol. The van der Waals surface area contributed by atoms with Crippen LogP contribution in [0.15, 0.2) is 0 Å². The van der Waals surface area contributed by atoms with Gasteiger partial charge in [0.25, 0.3) is 10.1 Å². The molecule has 0 spiro atoms. The first kappa shape index (κ1) is 14.2. The van der Waals surface area contributed by atoms with E-state index < -0.39 is 10.1 Å². The Hall–Kier alpha value is 0.680. The molecule has 0 aliphatic rings. The van der Waals surface area contributed by atoms with Crippen molar-refractivity contribution in [3.63, 3.8) is 0 Å². The number of hydrogen-bond donors (Lipinski definition) is 0. The molecule has 0 heterocycles. The first-order valence-electron chi connectivity index (χ1n) is 3.15. The molecule has 0 aliphatic carbocycles. The Morgan fingerprint density at radius 1 is 1.36 bits per heavy atom. The van der Waals surface area contributed by atoms with Gasteiger partial charge in [-0.25, -0.2) is 0 Å². The van der Waals surface area contributed by atoms with Crippen molar-refractivity contribution in [2.24, 2.45) is 0 Å². The first-order chi connectivity index (χ1) is 4.62. The molecule has 0 saturated carbocycles. The van der Waals surface area contributed by atoms with Crippen molar-refractivity contribution in [2.75, 3.05) is 5.75 Å². The Bertz CT molecular complexity index is 169. The molecule has 0 aromatic rings. The molecular formula is C5H12BrClO3S. The van der Waals surface area contributed by atoms with E-state index in [-0.39, 0.29) is 18.2 Å². The van der Waals surface area contributed by atoms with Crippen LogP contribution in [-0.2, 0) is 13.4 Å². The number of halogens is 2.